The van der Waals surface area contributed by atoms with E-state index in [1.165, 1.54) is 0 Å². The number of hydrogen-bond donors (Lipinski definition) is 1. The van der Waals surface area contributed by atoms with E-state index in [0.29, 0.717) is 25.9 Å². The molecule has 0 saturated carbocycles. The Bertz CT molecular complexity index is 361. The lowest BCUT2D eigenvalue weighted by molar-refractivity contribution is -0.101. The monoisotopic (exact) mass is 254 g/mol. The zero-order chi connectivity index (χ0) is 13.0. The van der Waals surface area contributed by atoms with Gasteiger partial charge >= 0.3 is 0 Å². The van der Waals surface area contributed by atoms with Gasteiger partial charge in [0.15, 0.2) is 0 Å². The molecule has 0 spiro atoms. The molecule has 1 N–H and O–H groups in total. The van der Waals surface area contributed by atoms with Crippen LogP contribution in [0, 0.1) is 0 Å². The number of likely N-dealkylation sites (N-methyl/N-ethyl adjacent to an activating group) is 1. The molecule has 1 fully saturated rings. The van der Waals surface area contributed by atoms with E-state index in [1.807, 2.05) is 11.7 Å². The Labute approximate surface area is 108 Å². The summed E-state index contributed by atoms with van der Waals surface area (Å²) in [5.41, 5.74) is 0. The molecule has 1 aromatic rings. The molecule has 102 valence electrons. The minimum atomic E-state index is 0.0843. The summed E-state index contributed by atoms with van der Waals surface area (Å²) in [6, 6.07) is 0.524. The SMILES string of the molecule is CNC(Cc1ncnn1C(C)C)C1COCCO1. The average molecular weight is 254 g/mol. The molecule has 1 aliphatic rings. The number of nitrogens with one attached hydrogen (secondary N) is 1. The van der Waals surface area contributed by atoms with Crippen molar-refractivity contribution >= 4 is 0 Å². The van der Waals surface area contributed by atoms with E-state index in [9.17, 15) is 0 Å². The van der Waals surface area contributed by atoms with Crippen LogP contribution in [0.25, 0.3) is 0 Å². The number of ether oxygens (including phenoxy) is 2. The maximum Gasteiger partial charge on any atom is 0.138 e. The Morgan fingerprint density at radius 1 is 1.50 bits per heavy atom. The van der Waals surface area contributed by atoms with Crippen molar-refractivity contribution in [2.75, 3.05) is 26.9 Å². The van der Waals surface area contributed by atoms with Crippen molar-refractivity contribution in [3.8, 4) is 0 Å². The largest absolute Gasteiger partial charge is 0.376 e. The summed E-state index contributed by atoms with van der Waals surface area (Å²) < 4.78 is 13.1. The van der Waals surface area contributed by atoms with Gasteiger partial charge < -0.3 is 14.8 Å². The van der Waals surface area contributed by atoms with Gasteiger partial charge in [-0.25, -0.2) is 9.67 Å². The van der Waals surface area contributed by atoms with Gasteiger partial charge in [-0.15, -0.1) is 0 Å². The van der Waals surface area contributed by atoms with Crippen molar-refractivity contribution in [2.45, 2.75) is 38.5 Å². The van der Waals surface area contributed by atoms with Crippen molar-refractivity contribution in [3.05, 3.63) is 12.2 Å². The Morgan fingerprint density at radius 2 is 2.33 bits per heavy atom. The van der Waals surface area contributed by atoms with E-state index in [2.05, 4.69) is 29.2 Å². The van der Waals surface area contributed by atoms with Gasteiger partial charge in [0, 0.05) is 18.5 Å². The third-order valence-electron chi connectivity index (χ3n) is 3.20. The van der Waals surface area contributed by atoms with E-state index >= 15 is 0 Å². The van der Waals surface area contributed by atoms with Crippen LogP contribution in [0.5, 0.6) is 0 Å². The van der Waals surface area contributed by atoms with Crippen LogP contribution in [0.3, 0.4) is 0 Å². The third-order valence-corrected chi connectivity index (χ3v) is 3.20. The first-order valence-electron chi connectivity index (χ1n) is 6.47. The summed E-state index contributed by atoms with van der Waals surface area (Å²) in [5, 5.41) is 7.54. The minimum absolute atomic E-state index is 0.0843. The van der Waals surface area contributed by atoms with E-state index in [1.54, 1.807) is 6.33 Å². The summed E-state index contributed by atoms with van der Waals surface area (Å²) in [6.07, 6.45) is 2.49. The van der Waals surface area contributed by atoms with Gasteiger partial charge in [0.05, 0.1) is 25.9 Å². The van der Waals surface area contributed by atoms with E-state index in [0.717, 1.165) is 12.2 Å². The van der Waals surface area contributed by atoms with Gasteiger partial charge in [0.1, 0.15) is 12.2 Å². The fourth-order valence-electron chi connectivity index (χ4n) is 2.21. The van der Waals surface area contributed by atoms with Gasteiger partial charge in [-0.2, -0.15) is 5.10 Å². The highest BCUT2D eigenvalue weighted by atomic mass is 16.6. The molecule has 0 bridgehead atoms. The molecule has 6 heteroatoms. The number of aromatic nitrogens is 3. The summed E-state index contributed by atoms with van der Waals surface area (Å²) in [4.78, 5) is 4.34. The zero-order valence-corrected chi connectivity index (χ0v) is 11.3. The smallest absolute Gasteiger partial charge is 0.138 e. The lowest BCUT2D eigenvalue weighted by Gasteiger charge is -2.30. The molecule has 2 atom stereocenters. The second kappa shape index (κ2) is 6.26. The molecule has 0 aromatic carbocycles. The number of nitrogens with zero attached hydrogens (tertiary/aromatic N) is 3. The molecule has 0 amide bonds. The van der Waals surface area contributed by atoms with Gasteiger partial charge in [-0.3, -0.25) is 0 Å². The van der Waals surface area contributed by atoms with Crippen molar-refractivity contribution in [3.63, 3.8) is 0 Å². The topological polar surface area (TPSA) is 61.2 Å². The molecule has 0 radical (unpaired) electrons. The average Bonchev–Trinajstić information content (AvgIpc) is 2.85. The van der Waals surface area contributed by atoms with Crippen molar-refractivity contribution in [1.82, 2.24) is 20.1 Å². The van der Waals surface area contributed by atoms with Crippen LogP contribution in [0.4, 0.5) is 0 Å². The highest BCUT2D eigenvalue weighted by Crippen LogP contribution is 2.12. The predicted molar refractivity (Wildman–Crippen MR) is 67.5 cm³/mol. The van der Waals surface area contributed by atoms with Crippen molar-refractivity contribution < 1.29 is 9.47 Å². The van der Waals surface area contributed by atoms with Gasteiger partial charge in [0.2, 0.25) is 0 Å². The number of hydrogen-bond acceptors (Lipinski definition) is 5. The molecule has 0 aliphatic carbocycles. The molecular formula is C12H22N4O2. The quantitative estimate of drug-likeness (QED) is 0.824. The zero-order valence-electron chi connectivity index (χ0n) is 11.3. The highest BCUT2D eigenvalue weighted by Gasteiger charge is 2.25. The predicted octanol–water partition coefficient (Wildman–Crippen LogP) is 0.405. The molecular weight excluding hydrogens is 232 g/mol. The summed E-state index contributed by atoms with van der Waals surface area (Å²) in [5.74, 6) is 0.985. The van der Waals surface area contributed by atoms with Gasteiger partial charge in [-0.1, -0.05) is 0 Å². The summed E-state index contributed by atoms with van der Waals surface area (Å²) >= 11 is 0. The highest BCUT2D eigenvalue weighted by molar-refractivity contribution is 4.94. The Hall–Kier alpha value is -0.980. The van der Waals surface area contributed by atoms with Crippen LogP contribution >= 0.6 is 0 Å². The number of rotatable bonds is 5. The molecule has 1 aromatic heterocycles. The van der Waals surface area contributed by atoms with Crippen molar-refractivity contribution in [1.29, 1.82) is 0 Å². The lowest BCUT2D eigenvalue weighted by Crippen LogP contribution is -2.47. The third kappa shape index (κ3) is 3.07. The van der Waals surface area contributed by atoms with E-state index in [4.69, 9.17) is 9.47 Å². The van der Waals surface area contributed by atoms with Crippen LogP contribution in [0.2, 0.25) is 0 Å². The Balaban J connectivity index is 2.02. The van der Waals surface area contributed by atoms with Crippen LogP contribution < -0.4 is 5.32 Å². The van der Waals surface area contributed by atoms with E-state index in [-0.39, 0.29) is 12.1 Å². The maximum absolute atomic E-state index is 5.74. The van der Waals surface area contributed by atoms with Crippen LogP contribution in [-0.4, -0.2) is 53.8 Å². The minimum Gasteiger partial charge on any atom is -0.376 e. The molecule has 6 nitrogen and oxygen atoms in total. The normalized spacial score (nSPS) is 22.3. The first kappa shape index (κ1) is 13.5. The Morgan fingerprint density at radius 3 is 2.94 bits per heavy atom. The van der Waals surface area contributed by atoms with Crippen LogP contribution in [-0.2, 0) is 15.9 Å². The lowest BCUT2D eigenvalue weighted by atomic mass is 10.1. The van der Waals surface area contributed by atoms with E-state index < -0.39 is 0 Å². The summed E-state index contributed by atoms with van der Waals surface area (Å²) in [6.45, 7) is 6.20. The first-order chi connectivity index (χ1) is 8.72. The molecule has 2 heterocycles. The van der Waals surface area contributed by atoms with Gasteiger partial charge in [0.25, 0.3) is 0 Å². The first-order valence-corrected chi connectivity index (χ1v) is 6.47. The molecule has 18 heavy (non-hydrogen) atoms. The maximum atomic E-state index is 5.74. The van der Waals surface area contributed by atoms with Crippen molar-refractivity contribution in [2.24, 2.45) is 0 Å². The van der Waals surface area contributed by atoms with Crippen LogP contribution in [0.15, 0.2) is 6.33 Å². The molecule has 1 saturated heterocycles. The second-order valence-electron chi connectivity index (χ2n) is 4.80. The molecule has 2 rings (SSSR count). The molecule has 1 aliphatic heterocycles. The Kier molecular flexibility index (Phi) is 4.68. The van der Waals surface area contributed by atoms with Gasteiger partial charge in [-0.05, 0) is 20.9 Å². The summed E-state index contributed by atoms with van der Waals surface area (Å²) in [7, 11) is 1.94. The fourth-order valence-corrected chi connectivity index (χ4v) is 2.21. The fraction of sp³-hybridized carbons (Fsp3) is 0.833. The second-order valence-corrected chi connectivity index (χ2v) is 4.80. The molecule has 2 unspecified atom stereocenters. The standard InChI is InChI=1S/C12H22N4O2/c1-9(2)16-12(14-8-15-16)6-10(13-3)11-7-17-4-5-18-11/h8-11,13H,4-7H2,1-3H3. The van der Waals surface area contributed by atoms with Crippen LogP contribution in [0.1, 0.15) is 25.7 Å².